The van der Waals surface area contributed by atoms with Crippen LogP contribution in [0.3, 0.4) is 0 Å². The van der Waals surface area contributed by atoms with Crippen molar-refractivity contribution in [2.45, 2.75) is 18.9 Å². The van der Waals surface area contributed by atoms with Crippen LogP contribution in [-0.4, -0.2) is 9.97 Å². The lowest BCUT2D eigenvalue weighted by molar-refractivity contribution is 0.186. The lowest BCUT2D eigenvalue weighted by atomic mass is 10.0. The van der Waals surface area contributed by atoms with Crippen molar-refractivity contribution in [2.24, 2.45) is 0 Å². The van der Waals surface area contributed by atoms with Gasteiger partial charge in [-0.1, -0.05) is 60.7 Å². The summed E-state index contributed by atoms with van der Waals surface area (Å²) >= 11 is 0. The molecule has 0 aliphatic heterocycles. The Bertz CT molecular complexity index is 1660. The van der Waals surface area contributed by atoms with Crippen LogP contribution in [-0.2, 0) is 26.8 Å². The van der Waals surface area contributed by atoms with Crippen LogP contribution in [0.25, 0.3) is 21.8 Å². The highest BCUT2D eigenvalue weighted by molar-refractivity contribution is 7.54. The van der Waals surface area contributed by atoms with E-state index in [-0.39, 0.29) is 13.2 Å². The van der Waals surface area contributed by atoms with Gasteiger partial charge in [0.15, 0.2) is 0 Å². The molecule has 5 nitrogen and oxygen atoms in total. The van der Waals surface area contributed by atoms with Gasteiger partial charge in [0.2, 0.25) is 0 Å². The minimum atomic E-state index is -4.06. The van der Waals surface area contributed by atoms with E-state index in [2.05, 4.69) is 9.97 Å². The Morgan fingerprint density at radius 3 is 1.51 bits per heavy atom. The lowest BCUT2D eigenvalue weighted by Crippen LogP contribution is -2.09. The molecule has 0 bridgehead atoms. The Labute approximate surface area is 224 Å². The van der Waals surface area contributed by atoms with E-state index in [1.54, 1.807) is 24.5 Å². The van der Waals surface area contributed by atoms with Crippen LogP contribution < -0.4 is 0 Å². The molecule has 2 heterocycles. The Morgan fingerprint density at radius 1 is 0.641 bits per heavy atom. The van der Waals surface area contributed by atoms with Gasteiger partial charge in [0, 0.05) is 34.2 Å². The highest BCUT2D eigenvalue weighted by Crippen LogP contribution is 2.66. The van der Waals surface area contributed by atoms with Crippen molar-refractivity contribution in [3.63, 3.8) is 0 Å². The van der Waals surface area contributed by atoms with Gasteiger partial charge in [-0.05, 0) is 58.7 Å². The topological polar surface area (TPSA) is 67.1 Å². The van der Waals surface area contributed by atoms with Crippen LogP contribution in [0.1, 0.15) is 27.9 Å². The summed E-state index contributed by atoms with van der Waals surface area (Å²) in [5, 5.41) is 1.08. The van der Waals surface area contributed by atoms with E-state index in [1.807, 2.05) is 60.7 Å². The number of hydrogen-bond donors (Lipinski definition) is 2. The molecular formula is C31H25F2N2O3P. The van der Waals surface area contributed by atoms with Crippen molar-refractivity contribution in [3.8, 4) is 0 Å². The van der Waals surface area contributed by atoms with Crippen LogP contribution in [0.5, 0.6) is 0 Å². The summed E-state index contributed by atoms with van der Waals surface area (Å²) in [6.45, 7) is 0.0493. The van der Waals surface area contributed by atoms with Crippen molar-refractivity contribution in [1.29, 1.82) is 0 Å². The number of aromatic nitrogens is 2. The smallest absolute Gasteiger partial charge is 0.343 e. The fraction of sp³-hybridized carbons (Fsp3) is 0.0968. The third kappa shape index (κ3) is 5.17. The van der Waals surface area contributed by atoms with Gasteiger partial charge in [-0.3, -0.25) is 4.57 Å². The number of hydrogen-bond acceptors (Lipinski definition) is 3. The molecule has 0 atom stereocenters. The van der Waals surface area contributed by atoms with Crippen molar-refractivity contribution >= 4 is 29.4 Å². The first kappa shape index (κ1) is 25.3. The monoisotopic (exact) mass is 542 g/mol. The second-order valence-corrected chi connectivity index (χ2v) is 11.4. The number of nitrogens with one attached hydrogen (secondary N) is 2. The molecule has 0 unspecified atom stereocenters. The predicted octanol–water partition coefficient (Wildman–Crippen LogP) is 8.64. The van der Waals surface area contributed by atoms with Crippen molar-refractivity contribution < 1.29 is 22.4 Å². The van der Waals surface area contributed by atoms with Crippen LogP contribution >= 0.6 is 7.60 Å². The molecule has 0 saturated carbocycles. The molecular weight excluding hydrogens is 517 g/mol. The SMILES string of the molecule is O=P(OCc1ccccc1)(OCc1ccccc1)C(c1c[nH]c2ccc(F)cc12)c1c[nH]c2ccc(F)cc12. The normalized spacial score (nSPS) is 12.1. The largest absolute Gasteiger partial charge is 0.361 e. The maximum Gasteiger partial charge on any atom is 0.343 e. The summed E-state index contributed by atoms with van der Waals surface area (Å²) in [5.74, 6) is -0.866. The summed E-state index contributed by atoms with van der Waals surface area (Å²) in [6.07, 6.45) is 3.38. The first-order chi connectivity index (χ1) is 19.0. The number of rotatable bonds is 9. The van der Waals surface area contributed by atoms with Gasteiger partial charge in [0.25, 0.3) is 0 Å². The highest BCUT2D eigenvalue weighted by Gasteiger charge is 2.41. The van der Waals surface area contributed by atoms with Crippen LogP contribution in [0.4, 0.5) is 8.78 Å². The molecule has 2 N–H and O–H groups in total. The van der Waals surface area contributed by atoms with Crippen molar-refractivity contribution in [1.82, 2.24) is 9.97 Å². The molecule has 4 aromatic carbocycles. The van der Waals surface area contributed by atoms with Gasteiger partial charge in [0.05, 0.1) is 13.2 Å². The van der Waals surface area contributed by atoms with Gasteiger partial charge in [-0.15, -0.1) is 0 Å². The molecule has 39 heavy (non-hydrogen) atoms. The van der Waals surface area contributed by atoms with E-state index in [0.29, 0.717) is 32.9 Å². The molecule has 6 aromatic rings. The zero-order valence-corrected chi connectivity index (χ0v) is 21.7. The Morgan fingerprint density at radius 2 is 1.08 bits per heavy atom. The standard InChI is InChI=1S/C31H25F2N2O3P/c32-23-11-13-29-25(15-23)27(17-34-29)31(28-18-35-30-14-12-24(33)16-26(28)30)39(36,37-19-21-7-3-1-4-8-21)38-20-22-9-5-2-6-10-22/h1-18,31,34-35H,19-20H2. The maximum absolute atomic E-state index is 15.1. The Balaban J connectivity index is 1.53. The van der Waals surface area contributed by atoms with Crippen LogP contribution in [0.15, 0.2) is 109 Å². The van der Waals surface area contributed by atoms with Gasteiger partial charge in [0.1, 0.15) is 17.3 Å². The number of H-pyrrole nitrogens is 2. The zero-order valence-electron chi connectivity index (χ0n) is 20.8. The molecule has 0 spiro atoms. The molecule has 0 amide bonds. The van der Waals surface area contributed by atoms with Crippen LogP contribution in [0, 0.1) is 11.6 Å². The number of halogens is 2. The zero-order chi connectivity index (χ0) is 26.8. The lowest BCUT2D eigenvalue weighted by Gasteiger charge is -2.27. The fourth-order valence-corrected chi connectivity index (χ4v) is 6.99. The average molecular weight is 543 g/mol. The molecule has 6 rings (SSSR count). The fourth-order valence-electron chi connectivity index (χ4n) is 4.85. The third-order valence-corrected chi connectivity index (χ3v) is 8.93. The van der Waals surface area contributed by atoms with Gasteiger partial charge in [-0.25, -0.2) is 8.78 Å². The molecule has 2 aromatic heterocycles. The molecule has 0 aliphatic rings. The first-order valence-corrected chi connectivity index (χ1v) is 14.1. The number of aromatic amines is 2. The number of fused-ring (bicyclic) bond motifs is 2. The van der Waals surface area contributed by atoms with E-state index < -0.39 is 24.9 Å². The molecule has 0 aliphatic carbocycles. The summed E-state index contributed by atoms with van der Waals surface area (Å²) in [4.78, 5) is 6.31. The molecule has 8 heteroatoms. The second-order valence-electron chi connectivity index (χ2n) is 9.33. The van der Waals surface area contributed by atoms with E-state index in [9.17, 15) is 8.78 Å². The minimum absolute atomic E-state index is 0.0246. The molecule has 0 fully saturated rings. The van der Waals surface area contributed by atoms with E-state index in [4.69, 9.17) is 9.05 Å². The van der Waals surface area contributed by atoms with E-state index >= 15 is 4.57 Å². The average Bonchev–Trinajstić information content (AvgIpc) is 3.56. The quantitative estimate of drug-likeness (QED) is 0.180. The number of benzene rings is 4. The summed E-state index contributed by atoms with van der Waals surface area (Å²) < 4.78 is 56.4. The van der Waals surface area contributed by atoms with E-state index in [0.717, 1.165) is 11.1 Å². The maximum atomic E-state index is 15.1. The summed E-state index contributed by atoms with van der Waals surface area (Å²) in [6, 6.07) is 27.5. The Hall–Kier alpha value is -4.03. The summed E-state index contributed by atoms with van der Waals surface area (Å²) in [7, 11) is -4.06. The Kier molecular flexibility index (Phi) is 6.88. The second kappa shape index (κ2) is 10.6. The first-order valence-electron chi connectivity index (χ1n) is 12.5. The molecule has 196 valence electrons. The third-order valence-electron chi connectivity index (χ3n) is 6.76. The van der Waals surface area contributed by atoms with Gasteiger partial charge >= 0.3 is 7.60 Å². The minimum Gasteiger partial charge on any atom is -0.361 e. The summed E-state index contributed by atoms with van der Waals surface area (Å²) in [5.41, 5.74) is 3.03. The van der Waals surface area contributed by atoms with Gasteiger partial charge in [-0.2, -0.15) is 0 Å². The van der Waals surface area contributed by atoms with Crippen LogP contribution in [0.2, 0.25) is 0 Å². The van der Waals surface area contributed by atoms with Crippen molar-refractivity contribution in [2.75, 3.05) is 0 Å². The molecule has 0 radical (unpaired) electrons. The van der Waals surface area contributed by atoms with E-state index in [1.165, 1.54) is 24.3 Å². The van der Waals surface area contributed by atoms with Crippen molar-refractivity contribution in [3.05, 3.63) is 143 Å². The van der Waals surface area contributed by atoms with Gasteiger partial charge < -0.3 is 19.0 Å². The molecule has 0 saturated heterocycles. The predicted molar refractivity (Wildman–Crippen MR) is 148 cm³/mol. The highest BCUT2D eigenvalue weighted by atomic mass is 31.2.